The van der Waals surface area contributed by atoms with E-state index >= 15 is 0 Å². The highest BCUT2D eigenvalue weighted by Gasteiger charge is 2.36. The van der Waals surface area contributed by atoms with Gasteiger partial charge in [0.2, 0.25) is 5.91 Å². The zero-order chi connectivity index (χ0) is 29.5. The third kappa shape index (κ3) is 5.51. The highest BCUT2D eigenvalue weighted by molar-refractivity contribution is 8.04. The first-order valence-electron chi connectivity index (χ1n) is 14.6. The van der Waals surface area contributed by atoms with Crippen LogP contribution in [0.25, 0.3) is 10.7 Å². The first-order valence-corrected chi connectivity index (χ1v) is 16.3. The van der Waals surface area contributed by atoms with Gasteiger partial charge in [-0.3, -0.25) is 14.1 Å². The van der Waals surface area contributed by atoms with Crippen LogP contribution in [0.5, 0.6) is 0 Å². The number of allylic oxidation sites excluding steroid dienone is 1. The molecule has 3 aliphatic heterocycles. The zero-order valence-electron chi connectivity index (χ0n) is 24.1. The summed E-state index contributed by atoms with van der Waals surface area (Å²) in [6.45, 7) is 9.48. The Morgan fingerprint density at radius 3 is 2.60 bits per heavy atom. The van der Waals surface area contributed by atoms with Gasteiger partial charge in [-0.05, 0) is 81.9 Å². The molecule has 3 aliphatic rings. The smallest absolute Gasteiger partial charge is 0.236 e. The van der Waals surface area contributed by atoms with E-state index in [0.29, 0.717) is 30.5 Å². The number of nitrogens with zero attached hydrogens (tertiary/aromatic N) is 6. The lowest BCUT2D eigenvalue weighted by Crippen LogP contribution is -2.56. The fourth-order valence-corrected chi connectivity index (χ4v) is 8.35. The first-order chi connectivity index (χ1) is 20.2. The fourth-order valence-electron chi connectivity index (χ4n) is 5.98. The normalized spacial score (nSPS) is 20.3. The van der Waals surface area contributed by atoms with Crippen molar-refractivity contribution >= 4 is 45.5 Å². The van der Waals surface area contributed by atoms with Gasteiger partial charge in [-0.25, -0.2) is 9.37 Å². The molecule has 1 aromatic carbocycles. The van der Waals surface area contributed by atoms with Gasteiger partial charge in [-0.15, -0.1) is 11.3 Å². The lowest BCUT2D eigenvalue weighted by atomic mass is 9.95. The largest absolute Gasteiger partial charge is 0.389 e. The first kappa shape index (κ1) is 29.0. The van der Waals surface area contributed by atoms with Crippen LogP contribution >= 0.6 is 23.1 Å². The molecule has 0 bridgehead atoms. The summed E-state index contributed by atoms with van der Waals surface area (Å²) in [7, 11) is 0. The molecular formula is C30H36FN7O2S2. The summed E-state index contributed by atoms with van der Waals surface area (Å²) in [5.74, 6) is 1.24. The van der Waals surface area contributed by atoms with Crippen LogP contribution in [-0.2, 0) is 11.2 Å². The van der Waals surface area contributed by atoms with E-state index in [4.69, 9.17) is 4.98 Å². The minimum absolute atomic E-state index is 0.105. The van der Waals surface area contributed by atoms with Gasteiger partial charge in [0.05, 0.1) is 24.0 Å². The average Bonchev–Trinajstić information content (AvgIpc) is 3.66. The molecule has 9 nitrogen and oxygen atoms in total. The molecular weight excluding hydrogens is 574 g/mol. The molecule has 6 rings (SSSR count). The molecule has 1 amide bonds. The summed E-state index contributed by atoms with van der Waals surface area (Å²) >= 11 is 3.22. The van der Waals surface area contributed by atoms with Crippen molar-refractivity contribution in [2.24, 2.45) is 0 Å². The monoisotopic (exact) mass is 609 g/mol. The number of aliphatic hydroxyl groups excluding tert-OH is 1. The molecule has 0 radical (unpaired) electrons. The van der Waals surface area contributed by atoms with Gasteiger partial charge in [0, 0.05) is 30.2 Å². The van der Waals surface area contributed by atoms with Crippen LogP contribution in [-0.4, -0.2) is 80.6 Å². The number of carbonyl (C=O) groups is 1. The van der Waals surface area contributed by atoms with Crippen molar-refractivity contribution in [1.82, 2.24) is 24.5 Å². The molecule has 1 unspecified atom stereocenters. The van der Waals surface area contributed by atoms with E-state index in [0.717, 1.165) is 60.1 Å². The fraction of sp³-hybridized carbons (Fsp3) is 0.500. The number of benzene rings is 1. The highest BCUT2D eigenvalue weighted by atomic mass is 32.2. The Labute approximate surface area is 253 Å². The maximum absolute atomic E-state index is 13.6. The maximum Gasteiger partial charge on any atom is 0.236 e. The number of thiazole rings is 1. The van der Waals surface area contributed by atoms with Gasteiger partial charge >= 0.3 is 0 Å². The van der Waals surface area contributed by atoms with Crippen molar-refractivity contribution in [3.63, 3.8) is 0 Å². The number of β-amino-alcohol motifs (C(OH)–C–C–N with tert-alkyl or cyclic N) is 1. The predicted octanol–water partition coefficient (Wildman–Crippen LogP) is 4.21. The number of nitriles is 1. The number of anilines is 1. The van der Waals surface area contributed by atoms with Crippen molar-refractivity contribution in [3.8, 4) is 6.07 Å². The van der Waals surface area contributed by atoms with Crippen molar-refractivity contribution in [2.45, 2.75) is 63.6 Å². The van der Waals surface area contributed by atoms with Crippen LogP contribution in [0.15, 0.2) is 35.4 Å². The summed E-state index contributed by atoms with van der Waals surface area (Å²) in [4.78, 5) is 26.6. The molecule has 0 aliphatic carbocycles. The molecule has 222 valence electrons. The second kappa shape index (κ2) is 11.9. The molecule has 2 fully saturated rings. The number of amides is 1. The molecule has 42 heavy (non-hydrogen) atoms. The Hall–Kier alpha value is -3.11. The quantitative estimate of drug-likeness (QED) is 0.392. The van der Waals surface area contributed by atoms with Crippen molar-refractivity contribution in [3.05, 3.63) is 57.3 Å². The molecule has 2 aromatic heterocycles. The van der Waals surface area contributed by atoms with Crippen molar-refractivity contribution < 1.29 is 14.3 Å². The topological polar surface area (TPSA) is 100 Å². The van der Waals surface area contributed by atoms with Crippen LogP contribution < -0.4 is 10.2 Å². The van der Waals surface area contributed by atoms with E-state index in [1.165, 1.54) is 28.8 Å². The summed E-state index contributed by atoms with van der Waals surface area (Å²) in [6, 6.07) is 8.69. The Bertz CT molecular complexity index is 1530. The number of nitrogens with one attached hydrogen (secondary N) is 1. The van der Waals surface area contributed by atoms with Gasteiger partial charge in [0.25, 0.3) is 0 Å². The number of aromatic nitrogens is 2. The van der Waals surface area contributed by atoms with Crippen LogP contribution in [0.1, 0.15) is 55.7 Å². The van der Waals surface area contributed by atoms with Crippen molar-refractivity contribution in [2.75, 3.05) is 37.6 Å². The van der Waals surface area contributed by atoms with Crippen LogP contribution in [0.4, 0.5) is 10.2 Å². The molecule has 5 heterocycles. The third-order valence-electron chi connectivity index (χ3n) is 8.30. The number of carbonyl (C=O) groups excluding carboxylic acids is 1. The van der Waals surface area contributed by atoms with E-state index in [-0.39, 0.29) is 29.4 Å². The van der Waals surface area contributed by atoms with E-state index in [1.54, 1.807) is 28.4 Å². The maximum atomic E-state index is 13.6. The molecule has 2 saturated heterocycles. The number of hydrogen-bond acceptors (Lipinski definition) is 9. The van der Waals surface area contributed by atoms with Crippen molar-refractivity contribution in [1.29, 1.82) is 5.26 Å². The number of piperidine rings is 1. The summed E-state index contributed by atoms with van der Waals surface area (Å²) < 4.78 is 15.8. The van der Waals surface area contributed by atoms with Gasteiger partial charge < -0.3 is 20.2 Å². The number of thioether (sulfide) groups is 1. The molecule has 1 atom stereocenters. The van der Waals surface area contributed by atoms with Gasteiger partial charge in [0.15, 0.2) is 10.5 Å². The second-order valence-electron chi connectivity index (χ2n) is 11.5. The number of hydrogen-bond donors (Lipinski definition) is 2. The standard InChI is InChI=1S/C30H36FN7O2S2/c1-4-23-28(38(18(2)3)30-34-27(24(13-32)41-30)20-5-7-21(31)8-6-20)37-16-25(42-29(37)33-23)19-9-11-35(12-10-19)17-26(40)36-14-22(39)15-36/h5-8,16,18-19,22,30,34,39H,4,9-12,14-15,17H2,1-3H3. The minimum atomic E-state index is -0.369. The van der Waals surface area contributed by atoms with E-state index in [1.807, 2.05) is 0 Å². The molecule has 0 spiro atoms. The molecule has 0 saturated carbocycles. The number of fused-ring (bicyclic) bond motifs is 1. The summed E-state index contributed by atoms with van der Waals surface area (Å²) in [5, 5.41) is 23.0. The number of halogens is 1. The summed E-state index contributed by atoms with van der Waals surface area (Å²) in [6.07, 6.45) is 4.62. The predicted molar refractivity (Wildman–Crippen MR) is 165 cm³/mol. The third-order valence-corrected chi connectivity index (χ3v) is 10.5. The lowest BCUT2D eigenvalue weighted by Gasteiger charge is -2.38. The number of imidazole rings is 1. The van der Waals surface area contributed by atoms with Gasteiger partial charge in [0.1, 0.15) is 22.6 Å². The molecule has 12 heteroatoms. The van der Waals surface area contributed by atoms with E-state index in [9.17, 15) is 19.6 Å². The Balaban J connectivity index is 1.21. The average molecular weight is 610 g/mol. The Morgan fingerprint density at radius 2 is 1.98 bits per heavy atom. The van der Waals surface area contributed by atoms with E-state index in [2.05, 4.69) is 52.6 Å². The minimum Gasteiger partial charge on any atom is -0.389 e. The van der Waals surface area contributed by atoms with Crippen LogP contribution in [0.3, 0.4) is 0 Å². The Kier molecular flexibility index (Phi) is 8.20. The van der Waals surface area contributed by atoms with Crippen LogP contribution in [0.2, 0.25) is 0 Å². The number of aryl methyl sites for hydroxylation is 1. The summed E-state index contributed by atoms with van der Waals surface area (Å²) in [5.41, 5.74) is 2.30. The second-order valence-corrected chi connectivity index (χ2v) is 13.6. The highest BCUT2D eigenvalue weighted by Crippen LogP contribution is 2.42. The lowest BCUT2D eigenvalue weighted by molar-refractivity contribution is -0.142. The van der Waals surface area contributed by atoms with E-state index < -0.39 is 0 Å². The number of aliphatic hydroxyl groups is 1. The SMILES string of the molecule is CCc1nc2sc(C3CCN(CC(=O)N4CC(O)C4)CC3)cn2c1N(C(C)C)C1NC(c2ccc(F)cc2)=C(C#N)S1. The zero-order valence-corrected chi connectivity index (χ0v) is 25.7. The van der Waals surface area contributed by atoms with Crippen LogP contribution in [0, 0.1) is 17.1 Å². The number of rotatable bonds is 8. The molecule has 3 aromatic rings. The molecule has 2 N–H and O–H groups in total. The van der Waals surface area contributed by atoms with Gasteiger partial charge in [-0.1, -0.05) is 18.7 Å². The van der Waals surface area contributed by atoms with Gasteiger partial charge in [-0.2, -0.15) is 5.26 Å². The Morgan fingerprint density at radius 1 is 1.26 bits per heavy atom. The number of likely N-dealkylation sites (tertiary alicyclic amines) is 2.